The monoisotopic (exact) mass is 320 g/mol. The van der Waals surface area contributed by atoms with Gasteiger partial charge in [0.2, 0.25) is 0 Å². The van der Waals surface area contributed by atoms with Crippen LogP contribution in [0.4, 0.5) is 0 Å². The van der Waals surface area contributed by atoms with Gasteiger partial charge in [0.1, 0.15) is 5.60 Å². The van der Waals surface area contributed by atoms with Crippen LogP contribution in [0.5, 0.6) is 0 Å². The SMILES string of the molecule is CCC(C)(OC)C(=O)N(CCN(C)C)C1CCS(=O)(=O)C1. The minimum atomic E-state index is -3.02. The van der Waals surface area contributed by atoms with Crippen LogP contribution in [0.2, 0.25) is 0 Å². The molecule has 124 valence electrons. The highest BCUT2D eigenvalue weighted by atomic mass is 32.2. The molecule has 1 fully saturated rings. The Kier molecular flexibility index (Phi) is 6.19. The highest BCUT2D eigenvalue weighted by Gasteiger charge is 2.41. The van der Waals surface area contributed by atoms with Crippen molar-refractivity contribution in [2.75, 3.05) is 45.8 Å². The molecular weight excluding hydrogens is 292 g/mol. The topological polar surface area (TPSA) is 66.9 Å². The van der Waals surface area contributed by atoms with Gasteiger partial charge < -0.3 is 14.5 Å². The number of hydrogen-bond acceptors (Lipinski definition) is 5. The predicted octanol–water partition coefficient (Wildman–Crippen LogP) is 0.379. The summed E-state index contributed by atoms with van der Waals surface area (Å²) in [5, 5.41) is 0. The number of hydrogen-bond donors (Lipinski definition) is 0. The van der Waals surface area contributed by atoms with Gasteiger partial charge in [0.15, 0.2) is 9.84 Å². The number of methoxy groups -OCH3 is 1. The summed E-state index contributed by atoms with van der Waals surface area (Å²) in [5.41, 5.74) is -0.890. The van der Waals surface area contributed by atoms with Gasteiger partial charge in [0, 0.05) is 26.2 Å². The van der Waals surface area contributed by atoms with Gasteiger partial charge in [-0.15, -0.1) is 0 Å². The van der Waals surface area contributed by atoms with Crippen LogP contribution in [0.1, 0.15) is 26.7 Å². The zero-order chi connectivity index (χ0) is 16.3. The lowest BCUT2D eigenvalue weighted by molar-refractivity contribution is -0.155. The van der Waals surface area contributed by atoms with Crippen LogP contribution in [0.3, 0.4) is 0 Å². The minimum Gasteiger partial charge on any atom is -0.369 e. The molecule has 1 aliphatic rings. The lowest BCUT2D eigenvalue weighted by Gasteiger charge is -2.36. The van der Waals surface area contributed by atoms with Crippen molar-refractivity contribution in [3.8, 4) is 0 Å². The van der Waals surface area contributed by atoms with E-state index >= 15 is 0 Å². The highest BCUT2D eigenvalue weighted by Crippen LogP contribution is 2.24. The molecule has 1 amide bonds. The molecule has 0 aliphatic carbocycles. The molecule has 0 aromatic rings. The smallest absolute Gasteiger partial charge is 0.254 e. The molecule has 0 N–H and O–H groups in total. The van der Waals surface area contributed by atoms with Crippen LogP contribution in [0.15, 0.2) is 0 Å². The van der Waals surface area contributed by atoms with Crippen molar-refractivity contribution in [3.63, 3.8) is 0 Å². The van der Waals surface area contributed by atoms with E-state index in [2.05, 4.69) is 0 Å². The first kappa shape index (κ1) is 18.4. The second kappa shape index (κ2) is 7.07. The van der Waals surface area contributed by atoms with Gasteiger partial charge in [0.25, 0.3) is 5.91 Å². The van der Waals surface area contributed by atoms with Crippen molar-refractivity contribution in [1.29, 1.82) is 0 Å². The van der Waals surface area contributed by atoms with Crippen molar-refractivity contribution in [2.24, 2.45) is 0 Å². The Morgan fingerprint density at radius 3 is 2.33 bits per heavy atom. The Hall–Kier alpha value is -0.660. The Bertz CT molecular complexity index is 458. The highest BCUT2D eigenvalue weighted by molar-refractivity contribution is 7.91. The molecule has 21 heavy (non-hydrogen) atoms. The molecule has 0 saturated carbocycles. The molecule has 0 aromatic heterocycles. The summed E-state index contributed by atoms with van der Waals surface area (Å²) in [6.45, 7) is 4.88. The van der Waals surface area contributed by atoms with E-state index in [4.69, 9.17) is 4.74 Å². The van der Waals surface area contributed by atoms with Crippen LogP contribution >= 0.6 is 0 Å². The van der Waals surface area contributed by atoms with Crippen molar-refractivity contribution in [3.05, 3.63) is 0 Å². The van der Waals surface area contributed by atoms with Crippen molar-refractivity contribution in [2.45, 2.75) is 38.3 Å². The molecule has 6 nitrogen and oxygen atoms in total. The van der Waals surface area contributed by atoms with E-state index < -0.39 is 15.4 Å². The Morgan fingerprint density at radius 1 is 1.33 bits per heavy atom. The lowest BCUT2D eigenvalue weighted by Crippen LogP contribution is -2.54. The van der Waals surface area contributed by atoms with Crippen LogP contribution in [0.25, 0.3) is 0 Å². The standard InChI is InChI=1S/C14H28N2O4S/c1-6-14(2,20-5)13(17)16(9-8-15(3)4)12-7-10-21(18,19)11-12/h12H,6-11H2,1-5H3. The van der Waals surface area contributed by atoms with Crippen LogP contribution in [-0.4, -0.2) is 81.6 Å². The molecule has 1 rings (SSSR count). The summed E-state index contributed by atoms with van der Waals surface area (Å²) in [7, 11) is 2.37. The van der Waals surface area contributed by atoms with Gasteiger partial charge in [-0.25, -0.2) is 8.42 Å². The summed E-state index contributed by atoms with van der Waals surface area (Å²) in [4.78, 5) is 16.5. The molecule has 7 heteroatoms. The van der Waals surface area contributed by atoms with Gasteiger partial charge in [-0.3, -0.25) is 4.79 Å². The molecule has 1 aliphatic heterocycles. The molecule has 0 radical (unpaired) electrons. The van der Waals surface area contributed by atoms with Crippen LogP contribution in [0, 0.1) is 0 Å². The third-order valence-corrected chi connectivity index (χ3v) is 6.03. The first-order valence-electron chi connectivity index (χ1n) is 7.36. The molecule has 1 saturated heterocycles. The summed E-state index contributed by atoms with van der Waals surface area (Å²) in [6, 6.07) is -0.233. The van der Waals surface area contributed by atoms with Crippen molar-refractivity contribution in [1.82, 2.24) is 9.80 Å². The summed E-state index contributed by atoms with van der Waals surface area (Å²) < 4.78 is 28.8. The van der Waals surface area contributed by atoms with Crippen LogP contribution < -0.4 is 0 Å². The van der Waals surface area contributed by atoms with E-state index in [1.807, 2.05) is 25.9 Å². The first-order valence-corrected chi connectivity index (χ1v) is 9.18. The van der Waals surface area contributed by atoms with Crippen molar-refractivity contribution < 1.29 is 17.9 Å². The van der Waals surface area contributed by atoms with E-state index in [-0.39, 0.29) is 23.5 Å². The third kappa shape index (κ3) is 4.66. The fraction of sp³-hybridized carbons (Fsp3) is 0.929. The van der Waals surface area contributed by atoms with Gasteiger partial charge >= 0.3 is 0 Å². The minimum absolute atomic E-state index is 0.0652. The van der Waals surface area contributed by atoms with Gasteiger partial charge in [-0.05, 0) is 33.9 Å². The molecule has 0 bridgehead atoms. The number of amides is 1. The number of ether oxygens (including phenoxy) is 1. The molecule has 2 unspecified atom stereocenters. The molecule has 1 heterocycles. The summed E-state index contributed by atoms with van der Waals surface area (Å²) >= 11 is 0. The average Bonchev–Trinajstić information content (AvgIpc) is 2.77. The van der Waals surface area contributed by atoms with Crippen LogP contribution in [-0.2, 0) is 19.4 Å². The van der Waals surface area contributed by atoms with Gasteiger partial charge in [-0.2, -0.15) is 0 Å². The number of nitrogens with zero attached hydrogens (tertiary/aromatic N) is 2. The van der Waals surface area contributed by atoms with E-state index in [0.29, 0.717) is 25.9 Å². The second-order valence-corrected chi connectivity index (χ2v) is 8.38. The van der Waals surface area contributed by atoms with E-state index in [0.717, 1.165) is 0 Å². The number of carbonyl (C=O) groups is 1. The Morgan fingerprint density at radius 2 is 1.95 bits per heavy atom. The fourth-order valence-corrected chi connectivity index (χ4v) is 4.20. The zero-order valence-corrected chi connectivity index (χ0v) is 14.6. The maximum atomic E-state index is 12.8. The third-order valence-electron chi connectivity index (χ3n) is 4.28. The molecule has 0 aromatic carbocycles. The van der Waals surface area contributed by atoms with E-state index in [1.54, 1.807) is 11.8 Å². The van der Waals surface area contributed by atoms with Crippen molar-refractivity contribution >= 4 is 15.7 Å². The molecular formula is C14H28N2O4S. The quantitative estimate of drug-likeness (QED) is 0.678. The van der Waals surface area contributed by atoms with E-state index in [1.165, 1.54) is 7.11 Å². The number of rotatable bonds is 7. The van der Waals surface area contributed by atoms with Gasteiger partial charge in [0.05, 0.1) is 11.5 Å². The first-order chi connectivity index (χ1) is 9.65. The Labute approximate surface area is 128 Å². The molecule has 2 atom stereocenters. The largest absolute Gasteiger partial charge is 0.369 e. The Balaban J connectivity index is 2.94. The summed E-state index contributed by atoms with van der Waals surface area (Å²) in [6.07, 6.45) is 1.07. The number of likely N-dealkylation sites (N-methyl/N-ethyl adjacent to an activating group) is 1. The number of carbonyl (C=O) groups excluding carboxylic acids is 1. The normalized spacial score (nSPS) is 24.0. The molecule has 0 spiro atoms. The zero-order valence-electron chi connectivity index (χ0n) is 13.8. The van der Waals surface area contributed by atoms with Gasteiger partial charge in [-0.1, -0.05) is 6.92 Å². The predicted molar refractivity (Wildman–Crippen MR) is 83.0 cm³/mol. The fourth-order valence-electron chi connectivity index (χ4n) is 2.47. The maximum absolute atomic E-state index is 12.8. The summed E-state index contributed by atoms with van der Waals surface area (Å²) in [5.74, 6) is 0.117. The van der Waals surface area contributed by atoms with E-state index in [9.17, 15) is 13.2 Å². The lowest BCUT2D eigenvalue weighted by atomic mass is 10.00. The number of sulfone groups is 1. The average molecular weight is 320 g/mol. The second-order valence-electron chi connectivity index (χ2n) is 6.15. The maximum Gasteiger partial charge on any atom is 0.254 e.